The quantitative estimate of drug-likeness (QED) is 0.850. The van der Waals surface area contributed by atoms with Crippen LogP contribution in [0.3, 0.4) is 0 Å². The van der Waals surface area contributed by atoms with E-state index in [1.807, 2.05) is 31.2 Å². The lowest BCUT2D eigenvalue weighted by Crippen LogP contribution is -2.41. The van der Waals surface area contributed by atoms with Crippen molar-refractivity contribution in [3.8, 4) is 0 Å². The normalized spacial score (nSPS) is 12.8. The largest absolute Gasteiger partial charge is 0.279 e. The second kappa shape index (κ2) is 6.54. The number of carbonyl (C=O) groups excluding carboxylic acids is 2. The molecule has 0 saturated heterocycles. The summed E-state index contributed by atoms with van der Waals surface area (Å²) >= 11 is 1.47. The first-order valence-corrected chi connectivity index (χ1v) is 8.72. The Morgan fingerprint density at radius 1 is 1.09 bits per heavy atom. The summed E-state index contributed by atoms with van der Waals surface area (Å²) in [5, 5.41) is 0. The summed E-state index contributed by atoms with van der Waals surface area (Å²) in [6, 6.07) is 7.61. The highest BCUT2D eigenvalue weighted by atomic mass is 32.1. The van der Waals surface area contributed by atoms with Crippen LogP contribution < -0.4 is 10.9 Å². The molecule has 0 atom stereocenters. The fraction of sp³-hybridized carbons (Fsp3) is 0.333. The van der Waals surface area contributed by atoms with Crippen LogP contribution in [0.15, 0.2) is 24.3 Å². The van der Waals surface area contributed by atoms with Gasteiger partial charge in [0.05, 0.1) is 4.88 Å². The van der Waals surface area contributed by atoms with Crippen LogP contribution in [0, 0.1) is 6.92 Å². The Morgan fingerprint density at radius 2 is 1.83 bits per heavy atom. The Bertz CT molecular complexity index is 764. The van der Waals surface area contributed by atoms with E-state index in [-0.39, 0.29) is 11.8 Å². The standard InChI is InChI=1S/C18H20N2O2S/c1-3-15-11(2)9-16(23-15)18(22)20-19-17(21)14-8-7-12-5-4-6-13(12)10-14/h7-10H,3-6H2,1-2H3,(H,19,21)(H,20,22). The predicted molar refractivity (Wildman–Crippen MR) is 91.8 cm³/mol. The monoisotopic (exact) mass is 328 g/mol. The van der Waals surface area contributed by atoms with E-state index in [2.05, 4.69) is 17.8 Å². The molecule has 0 unspecified atom stereocenters. The van der Waals surface area contributed by atoms with Crippen molar-refractivity contribution in [1.29, 1.82) is 0 Å². The number of carbonyl (C=O) groups is 2. The zero-order chi connectivity index (χ0) is 16.4. The molecule has 1 aliphatic rings. The predicted octanol–water partition coefficient (Wildman–Crippen LogP) is 3.18. The molecule has 3 rings (SSSR count). The molecule has 1 aromatic heterocycles. The van der Waals surface area contributed by atoms with Gasteiger partial charge in [-0.05, 0) is 67.5 Å². The van der Waals surface area contributed by atoms with Gasteiger partial charge in [-0.15, -0.1) is 11.3 Å². The number of thiophene rings is 1. The van der Waals surface area contributed by atoms with Gasteiger partial charge in [0.1, 0.15) is 0 Å². The number of nitrogens with one attached hydrogen (secondary N) is 2. The number of amides is 2. The average molecular weight is 328 g/mol. The van der Waals surface area contributed by atoms with Gasteiger partial charge in [0.15, 0.2) is 0 Å². The van der Waals surface area contributed by atoms with Gasteiger partial charge in [0, 0.05) is 10.4 Å². The van der Waals surface area contributed by atoms with Crippen LogP contribution in [0.4, 0.5) is 0 Å². The minimum Gasteiger partial charge on any atom is -0.267 e. The van der Waals surface area contributed by atoms with Gasteiger partial charge in [-0.25, -0.2) is 0 Å². The van der Waals surface area contributed by atoms with Gasteiger partial charge in [0.2, 0.25) is 0 Å². The highest BCUT2D eigenvalue weighted by Gasteiger charge is 2.16. The molecule has 0 radical (unpaired) electrons. The molecule has 1 aromatic carbocycles. The topological polar surface area (TPSA) is 58.2 Å². The molecular weight excluding hydrogens is 308 g/mol. The van der Waals surface area contributed by atoms with Crippen LogP contribution in [-0.2, 0) is 19.3 Å². The summed E-state index contributed by atoms with van der Waals surface area (Å²) in [4.78, 5) is 26.1. The third-order valence-electron chi connectivity index (χ3n) is 4.22. The van der Waals surface area contributed by atoms with E-state index < -0.39 is 0 Å². The lowest BCUT2D eigenvalue weighted by atomic mass is 10.1. The van der Waals surface area contributed by atoms with Crippen molar-refractivity contribution in [1.82, 2.24) is 10.9 Å². The Morgan fingerprint density at radius 3 is 2.57 bits per heavy atom. The lowest BCUT2D eigenvalue weighted by molar-refractivity contribution is 0.0849. The fourth-order valence-electron chi connectivity index (χ4n) is 2.94. The molecule has 0 fully saturated rings. The Hall–Kier alpha value is -2.14. The zero-order valence-electron chi connectivity index (χ0n) is 13.4. The number of benzene rings is 1. The van der Waals surface area contributed by atoms with E-state index in [0.717, 1.165) is 31.2 Å². The highest BCUT2D eigenvalue weighted by molar-refractivity contribution is 7.14. The minimum atomic E-state index is -0.281. The van der Waals surface area contributed by atoms with Gasteiger partial charge < -0.3 is 0 Å². The van der Waals surface area contributed by atoms with E-state index in [9.17, 15) is 9.59 Å². The first kappa shape index (κ1) is 15.7. The maximum atomic E-state index is 12.2. The highest BCUT2D eigenvalue weighted by Crippen LogP contribution is 2.23. The molecule has 1 aliphatic carbocycles. The van der Waals surface area contributed by atoms with Crippen molar-refractivity contribution in [3.63, 3.8) is 0 Å². The van der Waals surface area contributed by atoms with E-state index in [1.165, 1.54) is 27.3 Å². The van der Waals surface area contributed by atoms with Crippen LogP contribution in [0.5, 0.6) is 0 Å². The smallest absolute Gasteiger partial charge is 0.267 e. The Balaban J connectivity index is 1.63. The molecular formula is C18H20N2O2S. The molecule has 5 heteroatoms. The molecule has 0 saturated carbocycles. The lowest BCUT2D eigenvalue weighted by Gasteiger charge is -2.07. The maximum absolute atomic E-state index is 12.2. The maximum Gasteiger partial charge on any atom is 0.279 e. The van der Waals surface area contributed by atoms with Crippen LogP contribution >= 0.6 is 11.3 Å². The van der Waals surface area contributed by atoms with Crippen molar-refractivity contribution >= 4 is 23.2 Å². The SMILES string of the molecule is CCc1sc(C(=O)NNC(=O)c2ccc3c(c2)CCC3)cc1C. The number of rotatable bonds is 3. The Labute approximate surface area is 139 Å². The van der Waals surface area contributed by atoms with E-state index in [4.69, 9.17) is 0 Å². The van der Waals surface area contributed by atoms with Crippen molar-refractivity contribution in [3.05, 3.63) is 56.3 Å². The molecule has 0 spiro atoms. The first-order chi connectivity index (χ1) is 11.1. The number of aryl methyl sites for hydroxylation is 4. The zero-order valence-corrected chi connectivity index (χ0v) is 14.2. The van der Waals surface area contributed by atoms with Crippen molar-refractivity contribution in [2.24, 2.45) is 0 Å². The number of fused-ring (bicyclic) bond motifs is 1. The molecule has 1 heterocycles. The summed E-state index contributed by atoms with van der Waals surface area (Å²) < 4.78 is 0. The van der Waals surface area contributed by atoms with E-state index in [0.29, 0.717) is 10.4 Å². The summed E-state index contributed by atoms with van der Waals surface area (Å²) in [5.41, 5.74) is 9.28. The molecule has 0 aliphatic heterocycles. The molecule has 120 valence electrons. The van der Waals surface area contributed by atoms with Crippen LogP contribution in [-0.4, -0.2) is 11.8 Å². The van der Waals surface area contributed by atoms with E-state index >= 15 is 0 Å². The van der Waals surface area contributed by atoms with E-state index in [1.54, 1.807) is 0 Å². The Kier molecular flexibility index (Phi) is 4.48. The molecule has 2 N–H and O–H groups in total. The number of hydrogen-bond acceptors (Lipinski definition) is 3. The molecule has 2 amide bonds. The number of hydrogen-bond donors (Lipinski definition) is 2. The van der Waals surface area contributed by atoms with Gasteiger partial charge >= 0.3 is 0 Å². The second-order valence-electron chi connectivity index (χ2n) is 5.82. The molecule has 2 aromatic rings. The van der Waals surface area contributed by atoms with Crippen molar-refractivity contribution in [2.75, 3.05) is 0 Å². The van der Waals surface area contributed by atoms with Gasteiger partial charge in [-0.3, -0.25) is 20.4 Å². The van der Waals surface area contributed by atoms with Crippen molar-refractivity contribution < 1.29 is 9.59 Å². The van der Waals surface area contributed by atoms with Crippen LogP contribution in [0.1, 0.15) is 54.9 Å². The fourth-order valence-corrected chi connectivity index (χ4v) is 3.95. The molecule has 4 nitrogen and oxygen atoms in total. The van der Waals surface area contributed by atoms with Gasteiger partial charge in [-0.2, -0.15) is 0 Å². The van der Waals surface area contributed by atoms with Crippen LogP contribution in [0.2, 0.25) is 0 Å². The molecule has 0 bridgehead atoms. The number of hydrazine groups is 1. The van der Waals surface area contributed by atoms with Gasteiger partial charge in [0.25, 0.3) is 11.8 Å². The summed E-state index contributed by atoms with van der Waals surface area (Å²) in [7, 11) is 0. The third-order valence-corrected chi connectivity index (χ3v) is 5.60. The summed E-state index contributed by atoms with van der Waals surface area (Å²) in [5.74, 6) is -0.552. The summed E-state index contributed by atoms with van der Waals surface area (Å²) in [6.45, 7) is 4.06. The minimum absolute atomic E-state index is 0.271. The third kappa shape index (κ3) is 3.29. The molecule has 23 heavy (non-hydrogen) atoms. The first-order valence-electron chi connectivity index (χ1n) is 7.90. The summed E-state index contributed by atoms with van der Waals surface area (Å²) in [6.07, 6.45) is 4.17. The van der Waals surface area contributed by atoms with Crippen molar-refractivity contribution in [2.45, 2.75) is 39.5 Å². The van der Waals surface area contributed by atoms with Gasteiger partial charge in [-0.1, -0.05) is 13.0 Å². The van der Waals surface area contributed by atoms with Crippen LogP contribution in [0.25, 0.3) is 0 Å². The average Bonchev–Trinajstić information content (AvgIpc) is 3.17. The second-order valence-corrected chi connectivity index (χ2v) is 6.95.